The van der Waals surface area contributed by atoms with E-state index in [1.54, 1.807) is 17.0 Å². The molecule has 9 heteroatoms. The molecule has 0 bridgehead atoms. The first kappa shape index (κ1) is 23.3. The van der Waals surface area contributed by atoms with Crippen LogP contribution in [0.1, 0.15) is 57.8 Å². The fourth-order valence-corrected chi connectivity index (χ4v) is 6.55. The number of likely N-dealkylation sites (tertiary alicyclic amines) is 1. The highest BCUT2D eigenvalue weighted by Gasteiger charge is 2.36. The molecule has 174 valence electrons. The van der Waals surface area contributed by atoms with Gasteiger partial charge in [0.1, 0.15) is 0 Å². The van der Waals surface area contributed by atoms with Crippen molar-refractivity contribution in [2.75, 3.05) is 25.0 Å². The maximum absolute atomic E-state index is 12.9. The first-order valence-corrected chi connectivity index (χ1v) is 13.9. The normalized spacial score (nSPS) is 21.9. The molecule has 32 heavy (non-hydrogen) atoms. The van der Waals surface area contributed by atoms with Gasteiger partial charge in [0.15, 0.2) is 5.25 Å². The molecule has 1 atom stereocenters. The minimum absolute atomic E-state index is 0.118. The third-order valence-corrected chi connectivity index (χ3v) is 8.99. The Bertz CT molecular complexity index is 998. The number of carbonyl (C=O) groups excluding carboxylic acids is 2. The monoisotopic (exact) mass is 477 g/mol. The number of hydrogen-bond acceptors (Lipinski definition) is 5. The molecule has 3 aliphatic rings. The lowest BCUT2D eigenvalue weighted by Gasteiger charge is -2.28. The fraction of sp³-hybridized carbons (Fsp3) is 0.565. The maximum Gasteiger partial charge on any atom is 0.247 e. The zero-order valence-electron chi connectivity index (χ0n) is 18.3. The third-order valence-electron chi connectivity index (χ3n) is 6.27. The molecule has 1 aromatic carbocycles. The number of anilines is 1. The van der Waals surface area contributed by atoms with Crippen molar-refractivity contribution in [2.45, 2.75) is 72.8 Å². The Kier molecular flexibility index (Phi) is 7.58. The minimum atomic E-state index is -3.68. The summed E-state index contributed by atoms with van der Waals surface area (Å²) < 4.78 is 28.2. The van der Waals surface area contributed by atoms with Crippen LogP contribution in [0, 0.1) is 0 Å². The Morgan fingerprint density at radius 3 is 2.62 bits per heavy atom. The number of nitrogens with one attached hydrogen (secondary N) is 2. The predicted octanol–water partition coefficient (Wildman–Crippen LogP) is 3.67. The van der Waals surface area contributed by atoms with Crippen LogP contribution in [0.15, 0.2) is 39.6 Å². The minimum Gasteiger partial charge on any atom is -0.341 e. The lowest BCUT2D eigenvalue weighted by molar-refractivity contribution is -0.133. The molecule has 1 aliphatic carbocycles. The van der Waals surface area contributed by atoms with Crippen LogP contribution < -0.4 is 10.0 Å². The van der Waals surface area contributed by atoms with E-state index in [0.717, 1.165) is 44.9 Å². The quantitative estimate of drug-likeness (QED) is 0.481. The number of amides is 2. The van der Waals surface area contributed by atoms with Crippen LogP contribution >= 0.6 is 11.8 Å². The second-order valence-electron chi connectivity index (χ2n) is 8.64. The summed E-state index contributed by atoms with van der Waals surface area (Å²) >= 11 is 1.20. The first-order chi connectivity index (χ1) is 15.4. The first-order valence-electron chi connectivity index (χ1n) is 11.5. The highest BCUT2D eigenvalue weighted by molar-refractivity contribution is 8.01. The van der Waals surface area contributed by atoms with Crippen molar-refractivity contribution in [1.82, 2.24) is 9.62 Å². The van der Waals surface area contributed by atoms with Gasteiger partial charge in [-0.25, -0.2) is 13.1 Å². The smallest absolute Gasteiger partial charge is 0.247 e. The molecular formula is C23H31N3O4S2. The van der Waals surface area contributed by atoms with E-state index < -0.39 is 15.3 Å². The second-order valence-corrected chi connectivity index (χ2v) is 11.6. The predicted molar refractivity (Wildman–Crippen MR) is 126 cm³/mol. The molecule has 0 aromatic heterocycles. The van der Waals surface area contributed by atoms with Gasteiger partial charge in [-0.2, -0.15) is 0 Å². The molecule has 4 rings (SSSR count). The number of nitrogens with zero attached hydrogens (tertiary/aromatic N) is 1. The maximum atomic E-state index is 12.9. The van der Waals surface area contributed by atoms with E-state index in [1.807, 2.05) is 0 Å². The van der Waals surface area contributed by atoms with Crippen molar-refractivity contribution < 1.29 is 18.0 Å². The molecule has 0 radical (unpaired) electrons. The third kappa shape index (κ3) is 5.55. The summed E-state index contributed by atoms with van der Waals surface area (Å²) in [6.45, 7) is 1.74. The van der Waals surface area contributed by atoms with Crippen molar-refractivity contribution in [3.63, 3.8) is 0 Å². The number of rotatable bonds is 6. The van der Waals surface area contributed by atoms with Crippen LogP contribution in [0.4, 0.5) is 5.69 Å². The van der Waals surface area contributed by atoms with Crippen LogP contribution in [0.25, 0.3) is 0 Å². The topological polar surface area (TPSA) is 95.6 Å². The molecule has 2 aliphatic heterocycles. The van der Waals surface area contributed by atoms with Crippen molar-refractivity contribution in [3.8, 4) is 0 Å². The van der Waals surface area contributed by atoms with E-state index >= 15 is 0 Å². The molecule has 2 amide bonds. The average Bonchev–Trinajstić information content (AvgIpc) is 3.08. The Morgan fingerprint density at radius 1 is 1.12 bits per heavy atom. The van der Waals surface area contributed by atoms with Gasteiger partial charge in [0.25, 0.3) is 0 Å². The molecule has 1 unspecified atom stereocenters. The van der Waals surface area contributed by atoms with E-state index in [1.165, 1.54) is 36.2 Å². The molecule has 2 N–H and O–H groups in total. The van der Waals surface area contributed by atoms with Crippen molar-refractivity contribution in [1.29, 1.82) is 0 Å². The van der Waals surface area contributed by atoms with Gasteiger partial charge >= 0.3 is 0 Å². The zero-order valence-corrected chi connectivity index (χ0v) is 19.9. The largest absolute Gasteiger partial charge is 0.341 e. The van der Waals surface area contributed by atoms with Gasteiger partial charge in [0.2, 0.25) is 21.8 Å². The molecule has 1 aromatic rings. The van der Waals surface area contributed by atoms with Gasteiger partial charge in [0, 0.05) is 24.5 Å². The van der Waals surface area contributed by atoms with E-state index in [-0.39, 0.29) is 16.7 Å². The molecule has 2 heterocycles. The highest BCUT2D eigenvalue weighted by atomic mass is 32.2. The number of sulfonamides is 1. The number of allylic oxidation sites excluding steroid dienone is 1. The second kappa shape index (κ2) is 10.4. The summed E-state index contributed by atoms with van der Waals surface area (Å²) in [4.78, 5) is 28.2. The molecule has 0 saturated carbocycles. The van der Waals surface area contributed by atoms with Crippen LogP contribution in [0.5, 0.6) is 0 Å². The molecule has 1 fully saturated rings. The number of benzene rings is 1. The van der Waals surface area contributed by atoms with Crippen LogP contribution in [-0.4, -0.2) is 50.0 Å². The Hall–Kier alpha value is -1.84. The standard InChI is InChI=1S/C23H31N3O4S2/c27-22-21(23(28)26-14-6-1-2-7-15-26)31-20-11-10-18(16-19(20)25-22)32(29,30)24-13-12-17-8-4-3-5-9-17/h8,10-11,16,21,24H,1-7,9,12-15H2,(H,25,27). The summed E-state index contributed by atoms with van der Waals surface area (Å²) in [5, 5.41) is 1.93. The molecular weight excluding hydrogens is 446 g/mol. The summed E-state index contributed by atoms with van der Waals surface area (Å²) in [6, 6.07) is 4.70. The number of carbonyl (C=O) groups is 2. The number of hydrogen-bond donors (Lipinski definition) is 2. The summed E-state index contributed by atoms with van der Waals surface area (Å²) in [5.74, 6) is -0.543. The summed E-state index contributed by atoms with van der Waals surface area (Å²) in [6.07, 6.45) is 11.6. The average molecular weight is 478 g/mol. The van der Waals surface area contributed by atoms with Crippen LogP contribution in [0.3, 0.4) is 0 Å². The Balaban J connectivity index is 1.41. The Labute approximate surface area is 194 Å². The Morgan fingerprint density at radius 2 is 1.91 bits per heavy atom. The van der Waals surface area contributed by atoms with Gasteiger partial charge < -0.3 is 10.2 Å². The van der Waals surface area contributed by atoms with Crippen LogP contribution in [0.2, 0.25) is 0 Å². The molecule has 0 spiro atoms. The zero-order chi connectivity index (χ0) is 22.6. The highest BCUT2D eigenvalue weighted by Crippen LogP contribution is 2.38. The lowest BCUT2D eigenvalue weighted by atomic mass is 9.97. The van der Waals surface area contributed by atoms with Gasteiger partial charge in [-0.05, 0) is 63.1 Å². The van der Waals surface area contributed by atoms with E-state index in [4.69, 9.17) is 0 Å². The van der Waals surface area contributed by atoms with Crippen molar-refractivity contribution in [3.05, 3.63) is 29.8 Å². The SMILES string of the molecule is O=C1Nc2cc(S(=O)(=O)NCCC3=CCCCC3)ccc2SC1C(=O)N1CCCCCC1. The van der Waals surface area contributed by atoms with Gasteiger partial charge in [-0.15, -0.1) is 11.8 Å². The van der Waals surface area contributed by atoms with Gasteiger partial charge in [0.05, 0.1) is 10.6 Å². The van der Waals surface area contributed by atoms with Gasteiger partial charge in [-0.3, -0.25) is 9.59 Å². The van der Waals surface area contributed by atoms with E-state index in [2.05, 4.69) is 16.1 Å². The van der Waals surface area contributed by atoms with E-state index in [0.29, 0.717) is 30.2 Å². The molecule has 7 nitrogen and oxygen atoms in total. The number of fused-ring (bicyclic) bond motifs is 1. The fourth-order valence-electron chi connectivity index (χ4n) is 4.44. The van der Waals surface area contributed by atoms with Crippen molar-refractivity contribution in [2.24, 2.45) is 0 Å². The number of thioether (sulfide) groups is 1. The lowest BCUT2D eigenvalue weighted by Crippen LogP contribution is -2.45. The summed E-state index contributed by atoms with van der Waals surface area (Å²) in [7, 11) is -3.68. The van der Waals surface area contributed by atoms with E-state index in [9.17, 15) is 18.0 Å². The van der Waals surface area contributed by atoms with Gasteiger partial charge in [-0.1, -0.05) is 24.5 Å². The molecule has 1 saturated heterocycles. The van der Waals surface area contributed by atoms with Crippen molar-refractivity contribution >= 4 is 39.3 Å². The van der Waals surface area contributed by atoms with Crippen LogP contribution in [-0.2, 0) is 19.6 Å². The summed E-state index contributed by atoms with van der Waals surface area (Å²) in [5.41, 5.74) is 1.76.